The molecule has 0 bridgehead atoms. The van der Waals surface area contributed by atoms with Crippen molar-refractivity contribution >= 4 is 50.7 Å². The molecule has 0 aliphatic carbocycles. The zero-order valence-electron chi connectivity index (χ0n) is 11.9. The van der Waals surface area contributed by atoms with Crippen molar-refractivity contribution in [3.63, 3.8) is 0 Å². The van der Waals surface area contributed by atoms with E-state index in [1.54, 1.807) is 24.3 Å². The fourth-order valence-corrected chi connectivity index (χ4v) is 2.70. The SMILES string of the molecule is CC(CNC(=O)c1ccc(Br)cc1N)c1ccc(Cl)c(Cl)c1. The van der Waals surface area contributed by atoms with Crippen LogP contribution in [0.1, 0.15) is 28.8 Å². The first-order valence-electron chi connectivity index (χ1n) is 6.66. The van der Waals surface area contributed by atoms with E-state index in [1.165, 1.54) is 0 Å². The number of carbonyl (C=O) groups is 1. The monoisotopic (exact) mass is 400 g/mol. The van der Waals surface area contributed by atoms with Crippen LogP contribution in [0.15, 0.2) is 40.9 Å². The van der Waals surface area contributed by atoms with Crippen LogP contribution in [0.3, 0.4) is 0 Å². The fraction of sp³-hybridized carbons (Fsp3) is 0.188. The van der Waals surface area contributed by atoms with Crippen molar-refractivity contribution in [2.45, 2.75) is 12.8 Å². The Bertz CT molecular complexity index is 707. The molecule has 0 radical (unpaired) electrons. The van der Waals surface area contributed by atoms with Gasteiger partial charge in [0.25, 0.3) is 5.91 Å². The molecule has 0 heterocycles. The number of amides is 1. The van der Waals surface area contributed by atoms with Gasteiger partial charge < -0.3 is 11.1 Å². The molecule has 1 amide bonds. The van der Waals surface area contributed by atoms with Crippen LogP contribution in [-0.4, -0.2) is 12.5 Å². The van der Waals surface area contributed by atoms with E-state index in [-0.39, 0.29) is 11.8 Å². The van der Waals surface area contributed by atoms with Crippen molar-refractivity contribution in [2.75, 3.05) is 12.3 Å². The second-order valence-electron chi connectivity index (χ2n) is 5.02. The molecule has 0 spiro atoms. The molecular weight excluding hydrogens is 387 g/mol. The summed E-state index contributed by atoms with van der Waals surface area (Å²) in [4.78, 5) is 12.2. The van der Waals surface area contributed by atoms with E-state index >= 15 is 0 Å². The molecule has 116 valence electrons. The van der Waals surface area contributed by atoms with E-state index in [2.05, 4.69) is 21.2 Å². The largest absolute Gasteiger partial charge is 0.398 e. The van der Waals surface area contributed by atoms with Crippen molar-refractivity contribution in [1.29, 1.82) is 0 Å². The Morgan fingerprint density at radius 1 is 1.23 bits per heavy atom. The average molecular weight is 402 g/mol. The van der Waals surface area contributed by atoms with Gasteiger partial charge in [-0.15, -0.1) is 0 Å². The summed E-state index contributed by atoms with van der Waals surface area (Å²) in [5.41, 5.74) is 7.77. The van der Waals surface area contributed by atoms with Crippen LogP contribution in [0.4, 0.5) is 5.69 Å². The maximum atomic E-state index is 12.2. The quantitative estimate of drug-likeness (QED) is 0.717. The van der Waals surface area contributed by atoms with Crippen LogP contribution >= 0.6 is 39.1 Å². The molecule has 2 rings (SSSR count). The number of carbonyl (C=O) groups excluding carboxylic acids is 1. The predicted octanol–water partition coefficient (Wildman–Crippen LogP) is 4.87. The van der Waals surface area contributed by atoms with E-state index in [0.29, 0.717) is 27.8 Å². The Balaban J connectivity index is 2.02. The molecule has 6 heteroatoms. The van der Waals surface area contributed by atoms with Gasteiger partial charge in [-0.2, -0.15) is 0 Å². The summed E-state index contributed by atoms with van der Waals surface area (Å²) in [6, 6.07) is 10.7. The van der Waals surface area contributed by atoms with Crippen molar-refractivity contribution in [1.82, 2.24) is 5.32 Å². The number of hydrogen-bond donors (Lipinski definition) is 2. The highest BCUT2D eigenvalue weighted by Gasteiger charge is 2.13. The first-order chi connectivity index (χ1) is 10.4. The molecule has 0 fully saturated rings. The molecular formula is C16H15BrCl2N2O. The number of nitrogens with one attached hydrogen (secondary N) is 1. The number of benzene rings is 2. The normalized spacial score (nSPS) is 12.0. The minimum Gasteiger partial charge on any atom is -0.398 e. The topological polar surface area (TPSA) is 55.1 Å². The first kappa shape index (κ1) is 17.1. The molecule has 2 aromatic carbocycles. The molecule has 0 aliphatic rings. The maximum Gasteiger partial charge on any atom is 0.253 e. The molecule has 1 atom stereocenters. The molecule has 0 saturated carbocycles. The lowest BCUT2D eigenvalue weighted by molar-refractivity contribution is 0.0952. The number of nitrogens with two attached hydrogens (primary N) is 1. The second-order valence-corrected chi connectivity index (χ2v) is 6.75. The standard InChI is InChI=1S/C16H15BrCl2N2O/c1-9(10-2-5-13(18)14(19)6-10)8-21-16(22)12-4-3-11(17)7-15(12)20/h2-7,9H,8,20H2,1H3,(H,21,22). The van der Waals surface area contributed by atoms with Gasteiger partial charge in [0.2, 0.25) is 0 Å². The van der Waals surface area contributed by atoms with Gasteiger partial charge in [-0.05, 0) is 41.8 Å². The molecule has 3 N–H and O–H groups in total. The molecule has 0 aromatic heterocycles. The minimum atomic E-state index is -0.197. The summed E-state index contributed by atoms with van der Waals surface area (Å²) in [6.07, 6.45) is 0. The third-order valence-corrected chi connectivity index (χ3v) is 4.57. The third kappa shape index (κ3) is 4.15. The Morgan fingerprint density at radius 3 is 2.59 bits per heavy atom. The van der Waals surface area contributed by atoms with Gasteiger partial charge in [0.15, 0.2) is 0 Å². The summed E-state index contributed by atoms with van der Waals surface area (Å²) < 4.78 is 0.839. The van der Waals surface area contributed by atoms with Crippen LogP contribution < -0.4 is 11.1 Å². The molecule has 22 heavy (non-hydrogen) atoms. The van der Waals surface area contributed by atoms with E-state index in [0.717, 1.165) is 10.0 Å². The Kier molecular flexibility index (Phi) is 5.73. The number of halogens is 3. The van der Waals surface area contributed by atoms with Gasteiger partial charge in [0, 0.05) is 16.7 Å². The average Bonchev–Trinajstić information content (AvgIpc) is 2.47. The Morgan fingerprint density at radius 2 is 1.95 bits per heavy atom. The summed E-state index contributed by atoms with van der Waals surface area (Å²) in [5, 5.41) is 3.91. The van der Waals surface area contributed by atoms with Crippen LogP contribution in [0.2, 0.25) is 10.0 Å². The first-order valence-corrected chi connectivity index (χ1v) is 8.21. The van der Waals surface area contributed by atoms with Crippen LogP contribution in [0.25, 0.3) is 0 Å². The summed E-state index contributed by atoms with van der Waals surface area (Å²) in [6.45, 7) is 2.48. The van der Waals surface area contributed by atoms with Gasteiger partial charge in [-0.25, -0.2) is 0 Å². The highest BCUT2D eigenvalue weighted by atomic mass is 79.9. The van der Waals surface area contributed by atoms with Crippen LogP contribution in [0, 0.1) is 0 Å². The van der Waals surface area contributed by atoms with Gasteiger partial charge in [-0.1, -0.05) is 52.1 Å². The van der Waals surface area contributed by atoms with Crippen molar-refractivity contribution in [3.05, 3.63) is 62.0 Å². The van der Waals surface area contributed by atoms with E-state index in [1.807, 2.05) is 19.1 Å². The highest BCUT2D eigenvalue weighted by molar-refractivity contribution is 9.10. The Labute approximate surface area is 147 Å². The number of rotatable bonds is 4. The van der Waals surface area contributed by atoms with Crippen molar-refractivity contribution in [2.24, 2.45) is 0 Å². The predicted molar refractivity (Wildman–Crippen MR) is 95.8 cm³/mol. The molecule has 1 unspecified atom stereocenters. The molecule has 0 aliphatic heterocycles. The number of nitrogen functional groups attached to an aromatic ring is 1. The lowest BCUT2D eigenvalue weighted by Gasteiger charge is -2.14. The van der Waals surface area contributed by atoms with E-state index in [4.69, 9.17) is 28.9 Å². The number of hydrogen-bond acceptors (Lipinski definition) is 2. The van der Waals surface area contributed by atoms with E-state index < -0.39 is 0 Å². The summed E-state index contributed by atoms with van der Waals surface area (Å²) in [7, 11) is 0. The summed E-state index contributed by atoms with van der Waals surface area (Å²) in [5.74, 6) is -0.0905. The van der Waals surface area contributed by atoms with Crippen LogP contribution in [0.5, 0.6) is 0 Å². The molecule has 2 aromatic rings. The molecule has 3 nitrogen and oxygen atoms in total. The van der Waals surface area contributed by atoms with Gasteiger partial charge in [0.1, 0.15) is 0 Å². The van der Waals surface area contributed by atoms with Gasteiger partial charge in [0.05, 0.1) is 15.6 Å². The van der Waals surface area contributed by atoms with Gasteiger partial charge >= 0.3 is 0 Å². The third-order valence-electron chi connectivity index (χ3n) is 3.34. The second kappa shape index (κ2) is 7.36. The zero-order chi connectivity index (χ0) is 16.3. The minimum absolute atomic E-state index is 0.107. The summed E-state index contributed by atoms with van der Waals surface area (Å²) >= 11 is 15.2. The number of anilines is 1. The Hall–Kier alpha value is -1.23. The maximum absolute atomic E-state index is 12.2. The van der Waals surface area contributed by atoms with Crippen LogP contribution in [-0.2, 0) is 0 Å². The lowest BCUT2D eigenvalue weighted by atomic mass is 10.0. The van der Waals surface area contributed by atoms with Gasteiger partial charge in [-0.3, -0.25) is 4.79 Å². The lowest BCUT2D eigenvalue weighted by Crippen LogP contribution is -2.28. The van der Waals surface area contributed by atoms with Crippen molar-refractivity contribution in [3.8, 4) is 0 Å². The fourth-order valence-electron chi connectivity index (χ4n) is 2.02. The van der Waals surface area contributed by atoms with Crippen molar-refractivity contribution < 1.29 is 4.79 Å². The van der Waals surface area contributed by atoms with E-state index in [9.17, 15) is 4.79 Å². The molecule has 0 saturated heterocycles. The zero-order valence-corrected chi connectivity index (χ0v) is 15.0. The highest BCUT2D eigenvalue weighted by Crippen LogP contribution is 2.26. The smallest absolute Gasteiger partial charge is 0.253 e.